The van der Waals surface area contributed by atoms with Gasteiger partial charge in [0, 0.05) is 39.3 Å². The number of benzene rings is 3. The molecule has 0 spiro atoms. The number of methoxy groups -OCH3 is 2. The molecule has 45 heavy (non-hydrogen) atoms. The summed E-state index contributed by atoms with van der Waals surface area (Å²) in [7, 11) is -1.52. The molecule has 0 unspecified atom stereocenters. The van der Waals surface area contributed by atoms with Crippen molar-refractivity contribution in [3.63, 3.8) is 0 Å². The average molecular weight is 697 g/mol. The Morgan fingerprint density at radius 1 is 0.933 bits per heavy atom. The van der Waals surface area contributed by atoms with Gasteiger partial charge >= 0.3 is 0 Å². The van der Waals surface area contributed by atoms with Crippen molar-refractivity contribution in [3.8, 4) is 11.5 Å². The van der Waals surface area contributed by atoms with E-state index in [0.717, 1.165) is 30.0 Å². The Kier molecular flexibility index (Phi) is 11.9. The fraction of sp³-hybridized carbons (Fsp3) is 0.375. The van der Waals surface area contributed by atoms with E-state index in [1.165, 1.54) is 61.6 Å². The summed E-state index contributed by atoms with van der Waals surface area (Å²) in [6, 6.07) is 14.3. The number of ether oxygens (including phenoxy) is 2. The zero-order valence-electron chi connectivity index (χ0n) is 25.3. The topological polar surface area (TPSA) is 105 Å². The van der Waals surface area contributed by atoms with Crippen LogP contribution < -0.4 is 19.1 Å². The molecule has 13 heteroatoms. The van der Waals surface area contributed by atoms with E-state index in [2.05, 4.69) is 5.32 Å². The van der Waals surface area contributed by atoms with Gasteiger partial charge < -0.3 is 19.7 Å². The third-order valence-electron chi connectivity index (χ3n) is 7.81. The van der Waals surface area contributed by atoms with Crippen molar-refractivity contribution in [2.75, 3.05) is 25.1 Å². The van der Waals surface area contributed by atoms with Gasteiger partial charge in [0.15, 0.2) is 11.5 Å². The fourth-order valence-corrected chi connectivity index (χ4v) is 7.45. The number of nitrogens with zero attached hydrogens (tertiary/aromatic N) is 2. The molecule has 0 bridgehead atoms. The van der Waals surface area contributed by atoms with Gasteiger partial charge in [-0.05, 0) is 67.8 Å². The second kappa shape index (κ2) is 15.4. The van der Waals surface area contributed by atoms with Crippen molar-refractivity contribution in [3.05, 3.63) is 81.3 Å². The molecule has 1 fully saturated rings. The molecule has 242 valence electrons. The van der Waals surface area contributed by atoms with Crippen molar-refractivity contribution in [2.24, 2.45) is 0 Å². The molecule has 0 aromatic heterocycles. The molecule has 1 saturated carbocycles. The van der Waals surface area contributed by atoms with E-state index in [0.29, 0.717) is 26.4 Å². The van der Waals surface area contributed by atoms with Crippen LogP contribution >= 0.6 is 34.8 Å². The summed E-state index contributed by atoms with van der Waals surface area (Å²) in [5.41, 5.74) is 0.642. The largest absolute Gasteiger partial charge is 0.493 e. The number of amides is 2. The third kappa shape index (κ3) is 8.16. The molecule has 1 aliphatic carbocycles. The van der Waals surface area contributed by atoms with Gasteiger partial charge in [0.1, 0.15) is 12.6 Å². The van der Waals surface area contributed by atoms with Crippen LogP contribution in [0.5, 0.6) is 11.5 Å². The molecule has 0 aliphatic heterocycles. The molecular weight excluding hydrogens is 661 g/mol. The summed E-state index contributed by atoms with van der Waals surface area (Å²) >= 11 is 19.1. The Morgan fingerprint density at radius 2 is 1.56 bits per heavy atom. The van der Waals surface area contributed by atoms with Crippen molar-refractivity contribution < 1.29 is 27.5 Å². The lowest BCUT2D eigenvalue weighted by molar-refractivity contribution is -0.140. The van der Waals surface area contributed by atoms with Crippen molar-refractivity contribution in [1.82, 2.24) is 10.2 Å². The fourth-order valence-electron chi connectivity index (χ4n) is 5.38. The lowest BCUT2D eigenvalue weighted by Crippen LogP contribution is -2.53. The van der Waals surface area contributed by atoms with Crippen LogP contribution in [0.25, 0.3) is 0 Å². The second-order valence-electron chi connectivity index (χ2n) is 10.6. The molecule has 9 nitrogen and oxygen atoms in total. The molecule has 2 amide bonds. The Labute approximate surface area is 279 Å². The zero-order chi connectivity index (χ0) is 32.7. The van der Waals surface area contributed by atoms with Crippen LogP contribution in [0.1, 0.15) is 44.6 Å². The van der Waals surface area contributed by atoms with E-state index in [1.54, 1.807) is 25.1 Å². The standard InChI is InChI=1S/C32H36Cl3N3O6S/c1-4-28(32(40)36-22-8-5-6-9-22)37(19-25-26(34)10-7-11-27(25)35)31(39)20-38(23-14-12-21(33)13-15-23)45(41,42)24-16-17-29(43-2)30(18-24)44-3/h7,10-18,22,28H,4-6,8-9,19-20H2,1-3H3,(H,36,40)/t28-/m1/s1. The lowest BCUT2D eigenvalue weighted by Gasteiger charge is -2.34. The first kappa shape index (κ1) is 34.7. The average Bonchev–Trinajstić information content (AvgIpc) is 3.54. The Morgan fingerprint density at radius 3 is 2.13 bits per heavy atom. The van der Waals surface area contributed by atoms with E-state index in [-0.39, 0.29) is 41.2 Å². The highest BCUT2D eigenvalue weighted by Crippen LogP contribution is 2.33. The zero-order valence-corrected chi connectivity index (χ0v) is 28.3. The molecule has 1 N–H and O–H groups in total. The van der Waals surface area contributed by atoms with Gasteiger partial charge in [-0.15, -0.1) is 0 Å². The predicted molar refractivity (Wildman–Crippen MR) is 177 cm³/mol. The van der Waals surface area contributed by atoms with Crippen molar-refractivity contribution in [1.29, 1.82) is 0 Å². The number of halogens is 3. The molecule has 0 radical (unpaired) electrons. The van der Waals surface area contributed by atoms with E-state index in [9.17, 15) is 18.0 Å². The molecule has 3 aromatic carbocycles. The summed E-state index contributed by atoms with van der Waals surface area (Å²) in [5, 5.41) is 4.10. The number of rotatable bonds is 13. The molecule has 1 aliphatic rings. The maximum atomic E-state index is 14.3. The van der Waals surface area contributed by atoms with E-state index in [1.807, 2.05) is 0 Å². The Balaban J connectivity index is 1.77. The normalized spacial score (nSPS) is 14.1. The second-order valence-corrected chi connectivity index (χ2v) is 13.8. The number of carbonyl (C=O) groups excluding carboxylic acids is 2. The molecule has 1 atom stereocenters. The SMILES string of the molecule is CC[C@H](C(=O)NC1CCCC1)N(Cc1c(Cl)cccc1Cl)C(=O)CN(c1ccc(Cl)cc1)S(=O)(=O)c1ccc(OC)c(OC)c1. The van der Waals surface area contributed by atoms with Gasteiger partial charge in [0.25, 0.3) is 10.0 Å². The van der Waals surface area contributed by atoms with Crippen LogP contribution in [-0.2, 0) is 26.2 Å². The van der Waals surface area contributed by atoms with Gasteiger partial charge in [0.05, 0.1) is 24.8 Å². The van der Waals surface area contributed by atoms with Crippen LogP contribution in [0.4, 0.5) is 5.69 Å². The van der Waals surface area contributed by atoms with Gasteiger partial charge in [-0.2, -0.15) is 0 Å². The number of nitrogens with one attached hydrogen (secondary N) is 1. The lowest BCUT2D eigenvalue weighted by atomic mass is 10.1. The monoisotopic (exact) mass is 695 g/mol. The summed E-state index contributed by atoms with van der Waals surface area (Å²) in [4.78, 5) is 29.2. The minimum absolute atomic E-state index is 0.0170. The maximum absolute atomic E-state index is 14.3. The number of carbonyl (C=O) groups is 2. The third-order valence-corrected chi connectivity index (χ3v) is 10.5. The van der Waals surface area contributed by atoms with Crippen molar-refractivity contribution in [2.45, 2.75) is 62.6 Å². The first-order valence-corrected chi connectivity index (χ1v) is 17.1. The molecule has 4 rings (SSSR count). The minimum atomic E-state index is -4.36. The summed E-state index contributed by atoms with van der Waals surface area (Å²) in [5.74, 6) is -0.405. The molecule has 0 saturated heterocycles. The molecular formula is C32H36Cl3N3O6S. The Hall–Kier alpha value is -3.18. The number of anilines is 1. The summed E-state index contributed by atoms with van der Waals surface area (Å²) in [6.45, 7) is 1.05. The quantitative estimate of drug-likeness (QED) is 0.213. The number of sulfonamides is 1. The number of hydrogen-bond acceptors (Lipinski definition) is 6. The summed E-state index contributed by atoms with van der Waals surface area (Å²) in [6.07, 6.45) is 4.03. The smallest absolute Gasteiger partial charge is 0.264 e. The molecule has 3 aromatic rings. The number of hydrogen-bond donors (Lipinski definition) is 1. The highest BCUT2D eigenvalue weighted by Gasteiger charge is 2.35. The van der Waals surface area contributed by atoms with E-state index < -0.39 is 28.5 Å². The van der Waals surface area contributed by atoms with Crippen LogP contribution in [0.2, 0.25) is 15.1 Å². The highest BCUT2D eigenvalue weighted by atomic mass is 35.5. The van der Waals surface area contributed by atoms with Gasteiger partial charge in [-0.1, -0.05) is 60.6 Å². The van der Waals surface area contributed by atoms with Crippen LogP contribution in [0, 0.1) is 0 Å². The first-order chi connectivity index (χ1) is 21.5. The van der Waals surface area contributed by atoms with E-state index >= 15 is 0 Å². The van der Waals surface area contributed by atoms with E-state index in [4.69, 9.17) is 44.3 Å². The van der Waals surface area contributed by atoms with Crippen LogP contribution in [0.3, 0.4) is 0 Å². The van der Waals surface area contributed by atoms with Gasteiger partial charge in [-0.25, -0.2) is 8.42 Å². The van der Waals surface area contributed by atoms with Gasteiger partial charge in [-0.3, -0.25) is 13.9 Å². The van der Waals surface area contributed by atoms with Crippen molar-refractivity contribution >= 4 is 62.3 Å². The molecule has 0 heterocycles. The predicted octanol–water partition coefficient (Wildman–Crippen LogP) is 6.73. The summed E-state index contributed by atoms with van der Waals surface area (Å²) < 4.78 is 40.0. The minimum Gasteiger partial charge on any atom is -0.493 e. The first-order valence-electron chi connectivity index (χ1n) is 14.5. The van der Waals surface area contributed by atoms with Crippen LogP contribution in [0.15, 0.2) is 65.6 Å². The Bertz CT molecular complexity index is 1590. The highest BCUT2D eigenvalue weighted by molar-refractivity contribution is 7.92. The maximum Gasteiger partial charge on any atom is 0.264 e. The van der Waals surface area contributed by atoms with Crippen LogP contribution in [-0.4, -0.2) is 58.0 Å². The van der Waals surface area contributed by atoms with Gasteiger partial charge in [0.2, 0.25) is 11.8 Å².